The Balaban J connectivity index is 3.11. The number of aliphatic imine (C=N–C) groups is 1. The van der Waals surface area contributed by atoms with Crippen molar-refractivity contribution in [3.63, 3.8) is 0 Å². The van der Waals surface area contributed by atoms with E-state index in [0.29, 0.717) is 5.84 Å². The minimum absolute atomic E-state index is 0.0344. The first-order chi connectivity index (χ1) is 7.82. The topological polar surface area (TPSA) is 53.0 Å². The van der Waals surface area contributed by atoms with Gasteiger partial charge in [0.25, 0.3) is 5.91 Å². The molecular formula is C11H18BN3O2. The molecule has 1 heterocycles. The molecule has 92 valence electrons. The van der Waals surface area contributed by atoms with Crippen molar-refractivity contribution in [2.24, 2.45) is 4.99 Å². The molecule has 0 N–H and O–H groups in total. The molecule has 0 aromatic rings. The minimum Gasteiger partial charge on any atom is -0.367 e. The van der Waals surface area contributed by atoms with Crippen LogP contribution in [-0.4, -0.2) is 48.1 Å². The summed E-state index contributed by atoms with van der Waals surface area (Å²) >= 11 is 0. The number of carbonyl (C=O) groups is 2. The number of nitrogens with zero attached hydrogens (tertiary/aromatic N) is 3. The van der Waals surface area contributed by atoms with E-state index in [0.717, 1.165) is 10.5 Å². The molecule has 0 aromatic carbocycles. The molecule has 17 heavy (non-hydrogen) atoms. The molecule has 1 aliphatic heterocycles. The van der Waals surface area contributed by atoms with Crippen LogP contribution in [0.3, 0.4) is 0 Å². The van der Waals surface area contributed by atoms with Gasteiger partial charge in [0, 0.05) is 6.04 Å². The van der Waals surface area contributed by atoms with E-state index in [1.54, 1.807) is 14.1 Å². The van der Waals surface area contributed by atoms with Gasteiger partial charge in [0.2, 0.25) is 7.98 Å². The lowest BCUT2D eigenvalue weighted by Crippen LogP contribution is -2.37. The third kappa shape index (κ3) is 3.18. The summed E-state index contributed by atoms with van der Waals surface area (Å²) in [5.41, 5.74) is 1.000. The molecule has 0 aromatic heterocycles. The molecule has 0 atom stereocenters. The quantitative estimate of drug-likeness (QED) is 0.304. The molecule has 1 aliphatic rings. The summed E-state index contributed by atoms with van der Waals surface area (Å²) in [5, 5.41) is 0. The maximum absolute atomic E-state index is 11.8. The number of amides is 3. The third-order valence-electron chi connectivity index (χ3n) is 2.18. The molecular weight excluding hydrogens is 217 g/mol. The first kappa shape index (κ1) is 13.5. The summed E-state index contributed by atoms with van der Waals surface area (Å²) in [6, 6.07) is -0.279. The van der Waals surface area contributed by atoms with Crippen LogP contribution in [0.15, 0.2) is 16.6 Å². The Labute approximate surface area is 103 Å². The van der Waals surface area contributed by atoms with E-state index in [9.17, 15) is 9.59 Å². The highest BCUT2D eigenvalue weighted by Crippen LogP contribution is 2.11. The molecule has 6 heteroatoms. The van der Waals surface area contributed by atoms with Crippen molar-refractivity contribution < 1.29 is 9.59 Å². The maximum atomic E-state index is 11.8. The van der Waals surface area contributed by atoms with Crippen LogP contribution in [0.25, 0.3) is 0 Å². The van der Waals surface area contributed by atoms with E-state index in [-0.39, 0.29) is 24.5 Å². The first-order valence-corrected chi connectivity index (χ1v) is 5.63. The van der Waals surface area contributed by atoms with Crippen LogP contribution < -0.4 is 0 Å². The number of hydrogen-bond acceptors (Lipinski definition) is 3. The monoisotopic (exact) mass is 235 g/mol. The van der Waals surface area contributed by atoms with Crippen molar-refractivity contribution in [3.8, 4) is 0 Å². The van der Waals surface area contributed by atoms with Gasteiger partial charge < -0.3 is 4.81 Å². The van der Waals surface area contributed by atoms with Crippen LogP contribution in [0, 0.1) is 0 Å². The smallest absolute Gasteiger partial charge is 0.320 e. The zero-order valence-corrected chi connectivity index (χ0v) is 11.0. The predicted octanol–water partition coefficient (Wildman–Crippen LogP) is 0.572. The number of allylic oxidation sites excluding steroid dienone is 1. The van der Waals surface area contributed by atoms with Gasteiger partial charge in [-0.05, 0) is 33.8 Å². The van der Waals surface area contributed by atoms with E-state index in [1.807, 2.05) is 27.7 Å². The summed E-state index contributed by atoms with van der Waals surface area (Å²) in [5.74, 6) is 0.203. The molecule has 0 spiro atoms. The minimum atomic E-state index is -0.313. The zero-order chi connectivity index (χ0) is 13.2. The van der Waals surface area contributed by atoms with Crippen molar-refractivity contribution in [3.05, 3.63) is 11.6 Å². The molecule has 0 saturated carbocycles. The van der Waals surface area contributed by atoms with Gasteiger partial charge in [-0.2, -0.15) is 0 Å². The summed E-state index contributed by atoms with van der Waals surface area (Å²) in [4.78, 5) is 30.5. The predicted molar refractivity (Wildman–Crippen MR) is 69.5 cm³/mol. The SMILES string of the molecule is BN1CC(=O)N(/C(C=C(C)C)=N/C(C)C)C1=O. The van der Waals surface area contributed by atoms with E-state index in [2.05, 4.69) is 4.99 Å². The van der Waals surface area contributed by atoms with Crippen LogP contribution in [0.5, 0.6) is 0 Å². The molecule has 0 radical (unpaired) electrons. The summed E-state index contributed by atoms with van der Waals surface area (Å²) in [7, 11) is 1.61. The Morgan fingerprint density at radius 3 is 2.35 bits per heavy atom. The van der Waals surface area contributed by atoms with Gasteiger partial charge >= 0.3 is 6.03 Å². The molecule has 5 nitrogen and oxygen atoms in total. The molecule has 1 saturated heterocycles. The highest BCUT2D eigenvalue weighted by molar-refractivity contribution is 6.27. The summed E-state index contributed by atoms with van der Waals surface area (Å²) < 4.78 is 0. The van der Waals surface area contributed by atoms with Gasteiger partial charge in [-0.25, -0.2) is 9.69 Å². The average Bonchev–Trinajstić information content (AvgIpc) is 2.38. The van der Waals surface area contributed by atoms with Crippen molar-refractivity contribution in [1.29, 1.82) is 0 Å². The number of rotatable bonds is 2. The molecule has 3 amide bonds. The Morgan fingerprint density at radius 2 is 2.00 bits per heavy atom. The average molecular weight is 235 g/mol. The lowest BCUT2D eigenvalue weighted by atomic mass is 10.3. The van der Waals surface area contributed by atoms with Crippen LogP contribution >= 0.6 is 0 Å². The largest absolute Gasteiger partial charge is 0.367 e. The summed E-state index contributed by atoms with van der Waals surface area (Å²) in [6.07, 6.45) is 1.76. The van der Waals surface area contributed by atoms with E-state index in [1.165, 1.54) is 4.81 Å². The zero-order valence-electron chi connectivity index (χ0n) is 11.0. The number of carbonyl (C=O) groups excluding carboxylic acids is 2. The Morgan fingerprint density at radius 1 is 1.41 bits per heavy atom. The first-order valence-electron chi connectivity index (χ1n) is 5.63. The van der Waals surface area contributed by atoms with Crippen molar-refractivity contribution in [2.45, 2.75) is 33.7 Å². The fourth-order valence-electron chi connectivity index (χ4n) is 1.53. The number of imide groups is 1. The molecule has 0 bridgehead atoms. The Bertz CT molecular complexity index is 398. The van der Waals surface area contributed by atoms with Gasteiger partial charge in [0.05, 0.1) is 6.54 Å². The van der Waals surface area contributed by atoms with E-state index >= 15 is 0 Å². The summed E-state index contributed by atoms with van der Waals surface area (Å²) in [6.45, 7) is 7.75. The second-order valence-corrected chi connectivity index (χ2v) is 4.67. The van der Waals surface area contributed by atoms with Crippen molar-refractivity contribution in [2.75, 3.05) is 6.54 Å². The number of urea groups is 1. The Kier molecular flexibility index (Phi) is 4.09. The van der Waals surface area contributed by atoms with Gasteiger partial charge in [-0.15, -0.1) is 0 Å². The lowest BCUT2D eigenvalue weighted by Gasteiger charge is -2.15. The maximum Gasteiger partial charge on any atom is 0.320 e. The van der Waals surface area contributed by atoms with Gasteiger partial charge in [-0.3, -0.25) is 9.79 Å². The van der Waals surface area contributed by atoms with E-state index in [4.69, 9.17) is 0 Å². The second-order valence-electron chi connectivity index (χ2n) is 4.67. The van der Waals surface area contributed by atoms with Gasteiger partial charge in [0.1, 0.15) is 5.84 Å². The van der Waals surface area contributed by atoms with Crippen LogP contribution in [0.1, 0.15) is 27.7 Å². The van der Waals surface area contributed by atoms with E-state index < -0.39 is 0 Å². The second kappa shape index (κ2) is 5.16. The molecule has 0 unspecified atom stereocenters. The number of amidine groups is 1. The Hall–Kier alpha value is -1.59. The fraction of sp³-hybridized carbons (Fsp3) is 0.545. The highest BCUT2D eigenvalue weighted by Gasteiger charge is 2.35. The van der Waals surface area contributed by atoms with Crippen molar-refractivity contribution >= 4 is 25.8 Å². The molecule has 1 rings (SSSR count). The standard InChI is InChI=1S/C11H18BN3O2/c1-7(2)5-9(13-8(3)4)15-10(16)6-14(12)11(15)17/h5,8H,6,12H2,1-4H3/b13-9+. The number of hydrogen-bond donors (Lipinski definition) is 0. The molecule has 1 fully saturated rings. The van der Waals surface area contributed by atoms with Crippen molar-refractivity contribution in [1.82, 2.24) is 9.71 Å². The van der Waals surface area contributed by atoms with Gasteiger partial charge in [0.15, 0.2) is 0 Å². The molecule has 0 aliphatic carbocycles. The normalized spacial score (nSPS) is 17.1. The van der Waals surface area contributed by atoms with Gasteiger partial charge in [-0.1, -0.05) is 5.57 Å². The van der Waals surface area contributed by atoms with Crippen LogP contribution in [0.2, 0.25) is 0 Å². The lowest BCUT2D eigenvalue weighted by molar-refractivity contribution is -0.122. The fourth-order valence-corrected chi connectivity index (χ4v) is 1.53. The van der Waals surface area contributed by atoms with Crippen LogP contribution in [-0.2, 0) is 4.79 Å². The van der Waals surface area contributed by atoms with Crippen LogP contribution in [0.4, 0.5) is 4.79 Å². The third-order valence-corrected chi connectivity index (χ3v) is 2.18. The highest BCUT2D eigenvalue weighted by atomic mass is 16.2.